The minimum atomic E-state index is -1.71. The van der Waals surface area contributed by atoms with Gasteiger partial charge in [0.05, 0.1) is 11.1 Å². The Hall–Kier alpha value is -3.80. The zero-order valence-electron chi connectivity index (χ0n) is 23.3. The molecule has 0 saturated heterocycles. The molecule has 1 heterocycles. The van der Waals surface area contributed by atoms with Gasteiger partial charge in [-0.15, -0.1) is 0 Å². The third-order valence-corrected chi connectivity index (χ3v) is 7.46. The molecule has 0 spiro atoms. The zero-order chi connectivity index (χ0) is 28.3. The molecule has 0 atom stereocenters. The van der Waals surface area contributed by atoms with E-state index in [0.29, 0.717) is 29.5 Å². The average Bonchev–Trinajstić information content (AvgIpc) is 3.17. The maximum absolute atomic E-state index is 13.6. The maximum Gasteiger partial charge on any atom is 0.341 e. The van der Waals surface area contributed by atoms with Crippen LogP contribution in [-0.2, 0) is 36.0 Å². The number of esters is 1. The van der Waals surface area contributed by atoms with Crippen molar-refractivity contribution >= 4 is 11.9 Å². The predicted octanol–water partition coefficient (Wildman–Crippen LogP) is 7.07. The Morgan fingerprint density at radius 1 is 0.769 bits per heavy atom. The van der Waals surface area contributed by atoms with Crippen molar-refractivity contribution < 1.29 is 29.6 Å². The summed E-state index contributed by atoms with van der Waals surface area (Å²) in [6.07, 6.45) is 6.10. The van der Waals surface area contributed by atoms with E-state index in [9.17, 15) is 24.9 Å². The third kappa shape index (κ3) is 4.88. The molecule has 1 aliphatic heterocycles. The van der Waals surface area contributed by atoms with E-state index in [1.807, 2.05) is 26.0 Å². The van der Waals surface area contributed by atoms with E-state index in [4.69, 9.17) is 4.74 Å². The number of aryl methyl sites for hydroxylation is 4. The molecule has 6 heteroatoms. The summed E-state index contributed by atoms with van der Waals surface area (Å²) in [5, 5.41) is 33.3. The van der Waals surface area contributed by atoms with Crippen LogP contribution in [0.2, 0.25) is 0 Å². The molecule has 3 aromatic carbocycles. The molecule has 0 radical (unpaired) electrons. The Labute approximate surface area is 230 Å². The number of ether oxygens (including phenoxy) is 1. The fraction of sp³-hybridized carbons (Fsp3) is 0.394. The summed E-state index contributed by atoms with van der Waals surface area (Å²) in [5.41, 5.74) is 2.71. The molecule has 0 saturated carbocycles. The van der Waals surface area contributed by atoms with Gasteiger partial charge in [0.1, 0.15) is 11.5 Å². The first-order valence-electron chi connectivity index (χ1n) is 14.0. The number of benzene rings is 3. The van der Waals surface area contributed by atoms with Crippen LogP contribution < -0.4 is 0 Å². The summed E-state index contributed by atoms with van der Waals surface area (Å²) < 4.78 is 6.30. The highest BCUT2D eigenvalue weighted by atomic mass is 16.6. The lowest BCUT2D eigenvalue weighted by molar-refractivity contribution is 0.0232. The summed E-state index contributed by atoms with van der Waals surface area (Å²) in [4.78, 5) is 25.8. The molecule has 1 aliphatic rings. The highest BCUT2D eigenvalue weighted by molar-refractivity contribution is 6.06. The molecule has 0 unspecified atom stereocenters. The lowest BCUT2D eigenvalue weighted by atomic mass is 9.73. The second kappa shape index (κ2) is 11.5. The van der Waals surface area contributed by atoms with Gasteiger partial charge < -0.3 is 20.1 Å². The van der Waals surface area contributed by atoms with E-state index < -0.39 is 17.5 Å². The molecule has 4 rings (SSSR count). The molecule has 0 fully saturated rings. The number of phenolic OH excluding ortho intramolecular Hbond substituents is 2. The quantitative estimate of drug-likeness (QED) is 0.229. The number of hydrogen-bond donors (Lipinski definition) is 3. The first-order chi connectivity index (χ1) is 18.7. The second-order valence-electron chi connectivity index (χ2n) is 10.4. The second-order valence-corrected chi connectivity index (χ2v) is 10.4. The van der Waals surface area contributed by atoms with Gasteiger partial charge in [0.15, 0.2) is 5.60 Å². The van der Waals surface area contributed by atoms with Crippen LogP contribution >= 0.6 is 0 Å². The van der Waals surface area contributed by atoms with E-state index in [-0.39, 0.29) is 22.6 Å². The van der Waals surface area contributed by atoms with Crippen LogP contribution in [0.15, 0.2) is 42.5 Å². The number of carboxylic acids is 1. The van der Waals surface area contributed by atoms with Crippen molar-refractivity contribution in [2.45, 2.75) is 84.7 Å². The molecule has 3 N–H and O–H groups in total. The smallest absolute Gasteiger partial charge is 0.341 e. The fourth-order valence-corrected chi connectivity index (χ4v) is 6.10. The van der Waals surface area contributed by atoms with Crippen LogP contribution in [0, 0.1) is 0 Å². The zero-order valence-corrected chi connectivity index (χ0v) is 23.3. The number of fused-ring (bicyclic) bond motifs is 1. The fourth-order valence-electron chi connectivity index (χ4n) is 6.10. The number of carbonyl (C=O) groups excluding carboxylic acids is 1. The van der Waals surface area contributed by atoms with Gasteiger partial charge in [-0.25, -0.2) is 9.59 Å². The number of aromatic hydroxyl groups is 2. The molecule has 0 aliphatic carbocycles. The number of carbonyl (C=O) groups is 2. The van der Waals surface area contributed by atoms with E-state index >= 15 is 0 Å². The standard InChI is InChI=1S/C33H38O6/c1-5-10-20-16-22(12-7-3)29(26(34)18-20)33(25-15-9-14-24(31(36)37)28(25)32(38)39-33)30-23(13-8-4)17-21(11-6-2)19-27(30)35/h9,14-19,34-35H,5-8,10-13H2,1-4H3,(H,36,37). The first-order valence-corrected chi connectivity index (χ1v) is 14.0. The van der Waals surface area contributed by atoms with E-state index in [1.54, 1.807) is 24.3 Å². The van der Waals surface area contributed by atoms with E-state index in [1.165, 1.54) is 6.07 Å². The molecule has 0 amide bonds. The molecule has 3 aromatic rings. The lowest BCUT2D eigenvalue weighted by Gasteiger charge is -2.35. The van der Waals surface area contributed by atoms with Crippen molar-refractivity contribution in [3.05, 3.63) is 92.5 Å². The van der Waals surface area contributed by atoms with Crippen LogP contribution in [0.3, 0.4) is 0 Å². The van der Waals surface area contributed by atoms with Gasteiger partial charge in [-0.3, -0.25) is 0 Å². The molecular formula is C33H38O6. The minimum Gasteiger partial charge on any atom is -0.507 e. The number of rotatable bonds is 11. The first kappa shape index (κ1) is 28.2. The monoisotopic (exact) mass is 530 g/mol. The van der Waals surface area contributed by atoms with Gasteiger partial charge in [-0.05, 0) is 66.1 Å². The SMILES string of the molecule is CCCc1cc(O)c(C2(c3c(O)cc(CCC)cc3CCC)OC(=O)c3c(C(=O)O)cccc32)c(CCC)c1. The van der Waals surface area contributed by atoms with Gasteiger partial charge in [0.2, 0.25) is 0 Å². The molecule has 6 nitrogen and oxygen atoms in total. The maximum atomic E-state index is 13.6. The van der Waals surface area contributed by atoms with Crippen LogP contribution in [0.1, 0.15) is 113 Å². The van der Waals surface area contributed by atoms with E-state index in [0.717, 1.165) is 60.8 Å². The highest BCUT2D eigenvalue weighted by Gasteiger charge is 2.54. The van der Waals surface area contributed by atoms with Gasteiger partial charge in [0, 0.05) is 16.7 Å². The van der Waals surface area contributed by atoms with Gasteiger partial charge in [-0.2, -0.15) is 0 Å². The van der Waals surface area contributed by atoms with Crippen molar-refractivity contribution in [3.8, 4) is 11.5 Å². The third-order valence-electron chi connectivity index (χ3n) is 7.46. The van der Waals surface area contributed by atoms with Crippen molar-refractivity contribution in [1.29, 1.82) is 0 Å². The molecule has 206 valence electrons. The Bertz CT molecular complexity index is 1340. The van der Waals surface area contributed by atoms with Crippen molar-refractivity contribution in [1.82, 2.24) is 0 Å². The summed E-state index contributed by atoms with van der Waals surface area (Å²) in [5.74, 6) is -2.11. The minimum absolute atomic E-state index is 0.0368. The number of carboxylic acid groups (broad SMARTS) is 1. The van der Waals surface area contributed by atoms with Gasteiger partial charge >= 0.3 is 11.9 Å². The van der Waals surface area contributed by atoms with Crippen LogP contribution in [0.25, 0.3) is 0 Å². The molecule has 0 aromatic heterocycles. The van der Waals surface area contributed by atoms with E-state index in [2.05, 4.69) is 13.8 Å². The normalized spacial score (nSPS) is 13.8. The van der Waals surface area contributed by atoms with Crippen LogP contribution in [0.4, 0.5) is 0 Å². The Morgan fingerprint density at radius 3 is 1.69 bits per heavy atom. The van der Waals surface area contributed by atoms with Gasteiger partial charge in [0.25, 0.3) is 0 Å². The van der Waals surface area contributed by atoms with Crippen LogP contribution in [-0.4, -0.2) is 27.3 Å². The largest absolute Gasteiger partial charge is 0.507 e. The van der Waals surface area contributed by atoms with Crippen molar-refractivity contribution in [2.75, 3.05) is 0 Å². The Balaban J connectivity index is 2.20. The molecular weight excluding hydrogens is 492 g/mol. The molecule has 39 heavy (non-hydrogen) atoms. The molecule has 0 bridgehead atoms. The lowest BCUT2D eigenvalue weighted by Crippen LogP contribution is -2.33. The predicted molar refractivity (Wildman–Crippen MR) is 151 cm³/mol. The average molecular weight is 531 g/mol. The summed E-state index contributed by atoms with van der Waals surface area (Å²) in [6, 6.07) is 12.1. The number of cyclic esters (lactones) is 1. The highest BCUT2D eigenvalue weighted by Crippen LogP contribution is 2.55. The number of aromatic carboxylic acids is 1. The number of hydrogen-bond acceptors (Lipinski definition) is 5. The van der Waals surface area contributed by atoms with Crippen LogP contribution in [0.5, 0.6) is 11.5 Å². The topological polar surface area (TPSA) is 104 Å². The van der Waals surface area contributed by atoms with Crippen molar-refractivity contribution in [3.63, 3.8) is 0 Å². The summed E-state index contributed by atoms with van der Waals surface area (Å²) >= 11 is 0. The Kier molecular flexibility index (Phi) is 8.34. The Morgan fingerprint density at radius 2 is 1.26 bits per heavy atom. The van der Waals surface area contributed by atoms with Crippen molar-refractivity contribution in [2.24, 2.45) is 0 Å². The summed E-state index contributed by atoms with van der Waals surface area (Å²) in [7, 11) is 0. The van der Waals surface area contributed by atoms with Gasteiger partial charge in [-0.1, -0.05) is 77.6 Å². The summed E-state index contributed by atoms with van der Waals surface area (Å²) in [6.45, 7) is 8.22. The number of phenols is 2.